The van der Waals surface area contributed by atoms with Crippen molar-refractivity contribution in [1.29, 1.82) is 0 Å². The number of rotatable bonds is 3. The van der Waals surface area contributed by atoms with E-state index in [1.54, 1.807) is 12.4 Å². The third-order valence-corrected chi connectivity index (χ3v) is 4.15. The first-order chi connectivity index (χ1) is 8.20. The Labute approximate surface area is 111 Å². The van der Waals surface area contributed by atoms with E-state index in [0.717, 1.165) is 28.8 Å². The minimum absolute atomic E-state index is 0.213. The molecule has 2 unspecified atom stereocenters. The van der Waals surface area contributed by atoms with Crippen LogP contribution < -0.4 is 0 Å². The van der Waals surface area contributed by atoms with Crippen LogP contribution in [0.3, 0.4) is 0 Å². The van der Waals surface area contributed by atoms with E-state index in [2.05, 4.69) is 27.8 Å². The summed E-state index contributed by atoms with van der Waals surface area (Å²) in [7, 11) is 0. The molecule has 0 amide bonds. The van der Waals surface area contributed by atoms with E-state index in [1.165, 1.54) is 19.3 Å². The maximum atomic E-state index is 12.4. The Morgan fingerprint density at radius 2 is 2.29 bits per heavy atom. The van der Waals surface area contributed by atoms with E-state index in [-0.39, 0.29) is 11.7 Å². The molecule has 1 aliphatic rings. The number of hydrogen-bond acceptors (Lipinski definition) is 2. The van der Waals surface area contributed by atoms with Gasteiger partial charge in [0.2, 0.25) is 0 Å². The van der Waals surface area contributed by atoms with Crippen LogP contribution >= 0.6 is 15.9 Å². The largest absolute Gasteiger partial charge is 0.294 e. The zero-order valence-electron chi connectivity index (χ0n) is 10.2. The number of pyridine rings is 1. The van der Waals surface area contributed by atoms with E-state index < -0.39 is 0 Å². The number of aromatic nitrogens is 1. The smallest absolute Gasteiger partial charge is 0.167 e. The van der Waals surface area contributed by atoms with Crippen molar-refractivity contribution >= 4 is 21.7 Å². The molecule has 1 aromatic rings. The lowest BCUT2D eigenvalue weighted by Gasteiger charge is -2.27. The van der Waals surface area contributed by atoms with Crippen molar-refractivity contribution in [3.63, 3.8) is 0 Å². The molecule has 2 nitrogen and oxygen atoms in total. The fourth-order valence-electron chi connectivity index (χ4n) is 2.68. The Bertz CT molecular complexity index is 405. The van der Waals surface area contributed by atoms with Crippen molar-refractivity contribution in [3.05, 3.63) is 28.5 Å². The van der Waals surface area contributed by atoms with E-state index in [9.17, 15) is 4.79 Å². The first-order valence-electron chi connectivity index (χ1n) is 6.35. The van der Waals surface area contributed by atoms with Crippen LogP contribution in [0, 0.1) is 11.8 Å². The number of carbonyl (C=O) groups excluding carboxylic acids is 1. The minimum Gasteiger partial charge on any atom is -0.294 e. The summed E-state index contributed by atoms with van der Waals surface area (Å²) in [5.74, 6) is 1.22. The van der Waals surface area contributed by atoms with Crippen molar-refractivity contribution in [1.82, 2.24) is 4.98 Å². The van der Waals surface area contributed by atoms with Crippen LogP contribution in [0.2, 0.25) is 0 Å². The number of hydrogen-bond donors (Lipinski definition) is 0. The van der Waals surface area contributed by atoms with Gasteiger partial charge in [0.05, 0.1) is 0 Å². The summed E-state index contributed by atoms with van der Waals surface area (Å²) in [5, 5.41) is 0. The molecule has 17 heavy (non-hydrogen) atoms. The third-order valence-electron chi connectivity index (χ3n) is 3.72. The highest BCUT2D eigenvalue weighted by atomic mass is 79.9. The van der Waals surface area contributed by atoms with Crippen LogP contribution in [0.15, 0.2) is 22.9 Å². The molecule has 0 aliphatic heterocycles. The normalized spacial score (nSPS) is 24.6. The average molecular weight is 296 g/mol. The molecule has 0 bridgehead atoms. The molecule has 92 valence electrons. The van der Waals surface area contributed by atoms with Crippen LogP contribution in [-0.4, -0.2) is 10.8 Å². The van der Waals surface area contributed by atoms with Gasteiger partial charge in [-0.3, -0.25) is 9.78 Å². The van der Waals surface area contributed by atoms with Gasteiger partial charge in [-0.05, 0) is 40.8 Å². The summed E-state index contributed by atoms with van der Waals surface area (Å²) in [4.78, 5) is 16.4. The number of Topliss-reactive ketones (excluding diaryl/α,β-unsaturated/α-hetero) is 1. The Balaban J connectivity index is 2.09. The summed E-state index contributed by atoms with van der Waals surface area (Å²) in [6, 6.07) is 1.88. The van der Waals surface area contributed by atoms with Crippen molar-refractivity contribution in [2.75, 3.05) is 0 Å². The van der Waals surface area contributed by atoms with Crippen LogP contribution in [0.5, 0.6) is 0 Å². The fraction of sp³-hybridized carbons (Fsp3) is 0.571. The molecular formula is C14H18BrNO. The third kappa shape index (κ3) is 3.15. The van der Waals surface area contributed by atoms with Crippen molar-refractivity contribution in [2.24, 2.45) is 11.8 Å². The lowest BCUT2D eigenvalue weighted by molar-refractivity contribution is 0.0861. The summed E-state index contributed by atoms with van der Waals surface area (Å²) in [6.45, 7) is 2.22. The van der Waals surface area contributed by atoms with E-state index in [1.807, 2.05) is 6.07 Å². The van der Waals surface area contributed by atoms with Gasteiger partial charge in [-0.25, -0.2) is 0 Å². The lowest BCUT2D eigenvalue weighted by Crippen LogP contribution is -2.23. The number of carbonyl (C=O) groups is 1. The van der Waals surface area contributed by atoms with Crippen molar-refractivity contribution in [2.45, 2.75) is 39.0 Å². The zero-order chi connectivity index (χ0) is 12.3. The molecule has 1 aliphatic carbocycles. The first-order valence-corrected chi connectivity index (χ1v) is 7.14. The second-order valence-corrected chi connectivity index (χ2v) is 5.81. The second-order valence-electron chi connectivity index (χ2n) is 4.89. The maximum absolute atomic E-state index is 12.4. The van der Waals surface area contributed by atoms with E-state index >= 15 is 0 Å². The second kappa shape index (κ2) is 5.76. The molecule has 1 saturated carbocycles. The lowest BCUT2D eigenvalue weighted by atomic mass is 9.77. The van der Waals surface area contributed by atoms with Crippen LogP contribution in [0.25, 0.3) is 0 Å². The highest BCUT2D eigenvalue weighted by Crippen LogP contribution is 2.33. The molecule has 2 rings (SSSR count). The van der Waals surface area contributed by atoms with E-state index in [4.69, 9.17) is 0 Å². The summed E-state index contributed by atoms with van der Waals surface area (Å²) in [5.41, 5.74) is 0.751. The molecular weight excluding hydrogens is 278 g/mol. The summed E-state index contributed by atoms with van der Waals surface area (Å²) in [6.07, 6.45) is 9.17. The van der Waals surface area contributed by atoms with Gasteiger partial charge in [-0.2, -0.15) is 0 Å². The quantitative estimate of drug-likeness (QED) is 0.781. The Kier molecular flexibility index (Phi) is 4.32. The van der Waals surface area contributed by atoms with Gasteiger partial charge >= 0.3 is 0 Å². The Hall–Kier alpha value is -0.700. The molecule has 2 atom stereocenters. The summed E-state index contributed by atoms with van der Waals surface area (Å²) < 4.78 is 0.881. The fourth-order valence-corrected chi connectivity index (χ4v) is 3.05. The van der Waals surface area contributed by atoms with Gasteiger partial charge in [-0.1, -0.05) is 26.2 Å². The molecule has 0 spiro atoms. The van der Waals surface area contributed by atoms with Gasteiger partial charge in [0.15, 0.2) is 5.78 Å². The topological polar surface area (TPSA) is 30.0 Å². The average Bonchev–Trinajstić information content (AvgIpc) is 2.38. The van der Waals surface area contributed by atoms with Crippen LogP contribution in [0.4, 0.5) is 0 Å². The predicted molar refractivity (Wildman–Crippen MR) is 72.0 cm³/mol. The number of halogens is 1. The molecule has 1 aromatic heterocycles. The van der Waals surface area contributed by atoms with Crippen LogP contribution in [-0.2, 0) is 0 Å². The predicted octanol–water partition coefficient (Wildman–Crippen LogP) is 4.24. The zero-order valence-corrected chi connectivity index (χ0v) is 11.7. The molecule has 3 heteroatoms. The SMILES string of the molecule is CCC1CCCC(C(=O)c2cncc(Br)c2)C1. The first kappa shape index (κ1) is 12.7. The Morgan fingerprint density at radius 1 is 1.47 bits per heavy atom. The highest BCUT2D eigenvalue weighted by molar-refractivity contribution is 9.10. The molecule has 0 N–H and O–H groups in total. The summed E-state index contributed by atoms with van der Waals surface area (Å²) >= 11 is 3.37. The molecule has 1 heterocycles. The molecule has 0 radical (unpaired) electrons. The number of nitrogens with zero attached hydrogens (tertiary/aromatic N) is 1. The van der Waals surface area contributed by atoms with Gasteiger partial charge < -0.3 is 0 Å². The molecule has 0 saturated heterocycles. The molecule has 1 fully saturated rings. The van der Waals surface area contributed by atoms with Crippen molar-refractivity contribution in [3.8, 4) is 0 Å². The van der Waals surface area contributed by atoms with Gasteiger partial charge in [0.1, 0.15) is 0 Å². The molecule has 0 aromatic carbocycles. The van der Waals surface area contributed by atoms with E-state index in [0.29, 0.717) is 0 Å². The monoisotopic (exact) mass is 295 g/mol. The van der Waals surface area contributed by atoms with Gasteiger partial charge in [0.25, 0.3) is 0 Å². The standard InChI is InChI=1S/C14H18BrNO/c1-2-10-4-3-5-11(6-10)14(17)12-7-13(15)9-16-8-12/h7-11H,2-6H2,1H3. The van der Waals surface area contributed by atoms with Crippen LogP contribution in [0.1, 0.15) is 49.4 Å². The van der Waals surface area contributed by atoms with Gasteiger partial charge in [0, 0.05) is 28.3 Å². The van der Waals surface area contributed by atoms with Crippen molar-refractivity contribution < 1.29 is 4.79 Å². The highest BCUT2D eigenvalue weighted by Gasteiger charge is 2.27. The maximum Gasteiger partial charge on any atom is 0.167 e. The number of ketones is 1. The minimum atomic E-state index is 0.213. The Morgan fingerprint density at radius 3 is 3.00 bits per heavy atom. The van der Waals surface area contributed by atoms with Gasteiger partial charge in [-0.15, -0.1) is 0 Å².